The minimum absolute atomic E-state index is 0.0218. The Labute approximate surface area is 107 Å². The molecule has 1 aromatic carbocycles. The van der Waals surface area contributed by atoms with Crippen LogP contribution in [0.1, 0.15) is 12.7 Å². The zero-order valence-corrected chi connectivity index (χ0v) is 10.4. The highest BCUT2D eigenvalue weighted by atomic mass is 19.4. The summed E-state index contributed by atoms with van der Waals surface area (Å²) in [6, 6.07) is 3.99. The van der Waals surface area contributed by atoms with Crippen molar-refractivity contribution in [3.63, 3.8) is 0 Å². The molecule has 0 saturated heterocycles. The van der Waals surface area contributed by atoms with E-state index >= 15 is 0 Å². The standard InChI is InChI=1S/C12H13F3N2O2/c1-7(18-2)5-11-16-9-4-3-8(6-10(9)17-11)19-12(13,14)15/h3-4,6-7H,5H2,1-2H3,(H,16,17)/t7-/m1/s1. The molecule has 4 nitrogen and oxygen atoms in total. The van der Waals surface area contributed by atoms with Gasteiger partial charge in [-0.2, -0.15) is 0 Å². The largest absolute Gasteiger partial charge is 0.573 e. The molecule has 0 aliphatic carbocycles. The van der Waals surface area contributed by atoms with Crippen molar-refractivity contribution in [2.75, 3.05) is 7.11 Å². The van der Waals surface area contributed by atoms with Crippen molar-refractivity contribution in [2.24, 2.45) is 0 Å². The third-order valence-electron chi connectivity index (χ3n) is 2.62. The van der Waals surface area contributed by atoms with Gasteiger partial charge in [0.1, 0.15) is 11.6 Å². The summed E-state index contributed by atoms with van der Waals surface area (Å²) in [5.74, 6) is 0.392. The molecule has 19 heavy (non-hydrogen) atoms. The van der Waals surface area contributed by atoms with E-state index in [2.05, 4.69) is 14.7 Å². The smallest absolute Gasteiger partial charge is 0.406 e. The highest BCUT2D eigenvalue weighted by Crippen LogP contribution is 2.25. The Hall–Kier alpha value is -1.76. The Bertz CT molecular complexity index is 566. The van der Waals surface area contributed by atoms with Gasteiger partial charge in [-0.05, 0) is 19.1 Å². The maximum atomic E-state index is 12.1. The summed E-state index contributed by atoms with van der Waals surface area (Å²) in [6.45, 7) is 1.88. The lowest BCUT2D eigenvalue weighted by molar-refractivity contribution is -0.274. The number of imidazole rings is 1. The van der Waals surface area contributed by atoms with E-state index in [1.807, 2.05) is 6.92 Å². The number of halogens is 3. The van der Waals surface area contributed by atoms with Crippen LogP contribution in [0.2, 0.25) is 0 Å². The van der Waals surface area contributed by atoms with Gasteiger partial charge < -0.3 is 14.5 Å². The zero-order chi connectivity index (χ0) is 14.0. The van der Waals surface area contributed by atoms with Crippen molar-refractivity contribution in [2.45, 2.75) is 25.8 Å². The summed E-state index contributed by atoms with van der Waals surface area (Å²) in [5, 5.41) is 0. The first-order valence-corrected chi connectivity index (χ1v) is 5.64. The average Bonchev–Trinajstić information content (AvgIpc) is 2.68. The molecule has 1 N–H and O–H groups in total. The molecule has 0 radical (unpaired) electrons. The molecule has 0 fully saturated rings. The number of rotatable bonds is 4. The highest BCUT2D eigenvalue weighted by Gasteiger charge is 2.31. The molecule has 1 aromatic heterocycles. The number of nitrogens with one attached hydrogen (secondary N) is 1. The van der Waals surface area contributed by atoms with Gasteiger partial charge in [0.05, 0.1) is 17.1 Å². The normalized spacial score (nSPS) is 13.7. The highest BCUT2D eigenvalue weighted by molar-refractivity contribution is 5.76. The van der Waals surface area contributed by atoms with Crippen LogP contribution in [-0.4, -0.2) is 29.5 Å². The fourth-order valence-corrected chi connectivity index (χ4v) is 1.69. The molecule has 0 aliphatic rings. The van der Waals surface area contributed by atoms with E-state index in [4.69, 9.17) is 4.74 Å². The van der Waals surface area contributed by atoms with Gasteiger partial charge >= 0.3 is 6.36 Å². The van der Waals surface area contributed by atoms with E-state index in [0.29, 0.717) is 23.3 Å². The maximum absolute atomic E-state index is 12.1. The van der Waals surface area contributed by atoms with Crippen molar-refractivity contribution in [1.82, 2.24) is 9.97 Å². The number of benzene rings is 1. The second-order valence-corrected chi connectivity index (χ2v) is 4.16. The molecule has 1 atom stereocenters. The fourth-order valence-electron chi connectivity index (χ4n) is 1.69. The number of aromatic nitrogens is 2. The quantitative estimate of drug-likeness (QED) is 0.932. The van der Waals surface area contributed by atoms with E-state index in [1.54, 1.807) is 7.11 Å². The molecule has 2 aromatic rings. The Morgan fingerprint density at radius 1 is 1.37 bits per heavy atom. The Kier molecular flexibility index (Phi) is 3.66. The molecule has 0 unspecified atom stereocenters. The summed E-state index contributed by atoms with van der Waals surface area (Å²) in [5.41, 5.74) is 1.09. The Morgan fingerprint density at radius 2 is 2.11 bits per heavy atom. The number of hydrogen-bond acceptors (Lipinski definition) is 3. The summed E-state index contributed by atoms with van der Waals surface area (Å²) in [7, 11) is 1.59. The average molecular weight is 274 g/mol. The predicted molar refractivity (Wildman–Crippen MR) is 63.0 cm³/mol. The van der Waals surface area contributed by atoms with Crippen molar-refractivity contribution < 1.29 is 22.6 Å². The van der Waals surface area contributed by atoms with Gasteiger partial charge in [0, 0.05) is 19.6 Å². The number of hydrogen-bond donors (Lipinski definition) is 1. The van der Waals surface area contributed by atoms with E-state index in [1.165, 1.54) is 18.2 Å². The molecular weight excluding hydrogens is 261 g/mol. The number of H-pyrrole nitrogens is 1. The minimum Gasteiger partial charge on any atom is -0.406 e. The SMILES string of the molecule is CO[C@H](C)Cc1nc2ccc(OC(F)(F)F)cc2[nH]1. The molecule has 104 valence electrons. The lowest BCUT2D eigenvalue weighted by Gasteiger charge is -2.07. The first kappa shape index (κ1) is 13.7. The number of aromatic amines is 1. The van der Waals surface area contributed by atoms with Gasteiger partial charge in [-0.15, -0.1) is 13.2 Å². The molecule has 0 saturated carbocycles. The first-order chi connectivity index (χ1) is 8.87. The van der Waals surface area contributed by atoms with Crippen molar-refractivity contribution in [1.29, 1.82) is 0 Å². The number of alkyl halides is 3. The first-order valence-electron chi connectivity index (χ1n) is 5.64. The topological polar surface area (TPSA) is 47.1 Å². The van der Waals surface area contributed by atoms with Gasteiger partial charge in [-0.25, -0.2) is 4.98 Å². The van der Waals surface area contributed by atoms with E-state index in [0.717, 1.165) is 0 Å². The maximum Gasteiger partial charge on any atom is 0.573 e. The molecule has 0 aliphatic heterocycles. The summed E-state index contributed by atoms with van der Waals surface area (Å²) in [4.78, 5) is 7.21. The van der Waals surface area contributed by atoms with E-state index < -0.39 is 6.36 Å². The van der Waals surface area contributed by atoms with Gasteiger partial charge in [0.25, 0.3) is 0 Å². The number of nitrogens with zero attached hydrogens (tertiary/aromatic N) is 1. The number of methoxy groups -OCH3 is 1. The zero-order valence-electron chi connectivity index (χ0n) is 10.4. The Balaban J connectivity index is 2.23. The third kappa shape index (κ3) is 3.60. The van der Waals surface area contributed by atoms with Crippen LogP contribution in [0.3, 0.4) is 0 Å². The predicted octanol–water partition coefficient (Wildman–Crippen LogP) is 3.04. The number of ether oxygens (including phenoxy) is 2. The molecule has 0 amide bonds. The third-order valence-corrected chi connectivity index (χ3v) is 2.62. The van der Waals surface area contributed by atoms with Crippen LogP contribution in [-0.2, 0) is 11.2 Å². The van der Waals surface area contributed by atoms with Gasteiger partial charge in [-0.1, -0.05) is 0 Å². The molecular formula is C12H13F3N2O2. The van der Waals surface area contributed by atoms with Crippen LogP contribution in [0.25, 0.3) is 11.0 Å². The lowest BCUT2D eigenvalue weighted by atomic mass is 10.3. The van der Waals surface area contributed by atoms with Crippen LogP contribution in [0.4, 0.5) is 13.2 Å². The molecule has 7 heteroatoms. The molecule has 0 spiro atoms. The monoisotopic (exact) mass is 274 g/mol. The molecule has 1 heterocycles. The van der Waals surface area contributed by atoms with Gasteiger partial charge in [-0.3, -0.25) is 0 Å². The van der Waals surface area contributed by atoms with Crippen molar-refractivity contribution >= 4 is 11.0 Å². The lowest BCUT2D eigenvalue weighted by Crippen LogP contribution is -2.16. The summed E-state index contributed by atoms with van der Waals surface area (Å²) >= 11 is 0. The van der Waals surface area contributed by atoms with E-state index in [-0.39, 0.29) is 11.9 Å². The van der Waals surface area contributed by atoms with Crippen molar-refractivity contribution in [3.8, 4) is 5.75 Å². The van der Waals surface area contributed by atoms with Crippen LogP contribution >= 0.6 is 0 Å². The minimum atomic E-state index is -4.69. The van der Waals surface area contributed by atoms with Crippen LogP contribution in [0.15, 0.2) is 18.2 Å². The second kappa shape index (κ2) is 5.08. The fraction of sp³-hybridized carbons (Fsp3) is 0.417. The van der Waals surface area contributed by atoms with Crippen LogP contribution in [0.5, 0.6) is 5.75 Å². The second-order valence-electron chi connectivity index (χ2n) is 4.16. The van der Waals surface area contributed by atoms with Crippen LogP contribution in [0, 0.1) is 0 Å². The van der Waals surface area contributed by atoms with E-state index in [9.17, 15) is 13.2 Å². The Morgan fingerprint density at radius 3 is 2.74 bits per heavy atom. The summed E-state index contributed by atoms with van der Waals surface area (Å²) < 4.78 is 45.3. The number of fused-ring (bicyclic) bond motifs is 1. The molecule has 2 rings (SSSR count). The van der Waals surface area contributed by atoms with Crippen molar-refractivity contribution in [3.05, 3.63) is 24.0 Å². The van der Waals surface area contributed by atoms with Gasteiger partial charge in [0.2, 0.25) is 0 Å². The van der Waals surface area contributed by atoms with Crippen LogP contribution < -0.4 is 4.74 Å². The summed E-state index contributed by atoms with van der Waals surface area (Å²) in [6.07, 6.45) is -4.16. The molecule has 0 bridgehead atoms. The van der Waals surface area contributed by atoms with Gasteiger partial charge in [0.15, 0.2) is 0 Å².